The molecule has 17 heavy (non-hydrogen) atoms. The Morgan fingerprint density at radius 1 is 1.18 bits per heavy atom. The van der Waals surface area contributed by atoms with Gasteiger partial charge in [0.25, 0.3) is 0 Å². The minimum Gasteiger partial charge on any atom is -0.223 e. The largest absolute Gasteiger partial charge is 0.223 e. The molecule has 4 heteroatoms. The van der Waals surface area contributed by atoms with Gasteiger partial charge in [0, 0.05) is 0 Å². The molecule has 0 aliphatic carbocycles. The van der Waals surface area contributed by atoms with Gasteiger partial charge in [-0.2, -0.15) is 5.26 Å². The number of rotatable bonds is 3. The molecule has 0 aliphatic rings. The summed E-state index contributed by atoms with van der Waals surface area (Å²) < 4.78 is 24.1. The van der Waals surface area contributed by atoms with E-state index in [1.54, 1.807) is 32.0 Å². The smallest absolute Gasteiger partial charge is 0.181 e. The Kier molecular flexibility index (Phi) is 3.94. The average molecular weight is 251 g/mol. The first kappa shape index (κ1) is 13.7. The first-order valence-electron chi connectivity index (χ1n) is 5.58. The van der Waals surface area contributed by atoms with Crippen LogP contribution in [0.1, 0.15) is 44.7 Å². The van der Waals surface area contributed by atoms with E-state index in [-0.39, 0.29) is 16.4 Å². The summed E-state index contributed by atoms with van der Waals surface area (Å²) in [6.07, 6.45) is 0. The second-order valence-corrected chi connectivity index (χ2v) is 7.09. The van der Waals surface area contributed by atoms with E-state index in [0.29, 0.717) is 0 Å². The summed E-state index contributed by atoms with van der Waals surface area (Å²) in [5.41, 5.74) is 1.22. The Labute approximate surface area is 103 Å². The van der Waals surface area contributed by atoms with Crippen LogP contribution in [0.4, 0.5) is 0 Å². The standard InChI is InChI=1S/C13H17NO2S/c1-9(2)11-5-6-13(12(7-11)8-14)17(15,16)10(3)4/h5-7,9-10H,1-4H3. The predicted octanol–water partition coefficient (Wildman–Crippen LogP) is 2.86. The lowest BCUT2D eigenvalue weighted by atomic mass is 10.0. The van der Waals surface area contributed by atoms with Gasteiger partial charge in [-0.3, -0.25) is 0 Å². The van der Waals surface area contributed by atoms with Crippen molar-refractivity contribution in [1.82, 2.24) is 0 Å². The number of hydrogen-bond donors (Lipinski definition) is 0. The zero-order valence-corrected chi connectivity index (χ0v) is 11.4. The van der Waals surface area contributed by atoms with Crippen LogP contribution in [0, 0.1) is 11.3 Å². The molecule has 0 spiro atoms. The van der Waals surface area contributed by atoms with Crippen LogP contribution in [0.3, 0.4) is 0 Å². The van der Waals surface area contributed by atoms with E-state index in [2.05, 4.69) is 0 Å². The third kappa shape index (κ3) is 2.67. The minimum atomic E-state index is -3.38. The van der Waals surface area contributed by atoms with Crippen LogP contribution in [0.25, 0.3) is 0 Å². The highest BCUT2D eigenvalue weighted by Gasteiger charge is 2.23. The lowest BCUT2D eigenvalue weighted by Crippen LogP contribution is -2.15. The zero-order valence-electron chi connectivity index (χ0n) is 10.6. The van der Waals surface area contributed by atoms with E-state index >= 15 is 0 Å². The third-order valence-corrected chi connectivity index (χ3v) is 4.93. The topological polar surface area (TPSA) is 57.9 Å². The van der Waals surface area contributed by atoms with Gasteiger partial charge in [-0.05, 0) is 37.5 Å². The maximum Gasteiger partial charge on any atom is 0.181 e. The van der Waals surface area contributed by atoms with Crippen molar-refractivity contribution in [3.05, 3.63) is 29.3 Å². The molecule has 0 aliphatic heterocycles. The second kappa shape index (κ2) is 4.89. The average Bonchev–Trinajstić information content (AvgIpc) is 2.27. The molecule has 0 atom stereocenters. The monoisotopic (exact) mass is 251 g/mol. The molecule has 0 aromatic heterocycles. The van der Waals surface area contributed by atoms with Crippen molar-refractivity contribution >= 4 is 9.84 Å². The van der Waals surface area contributed by atoms with Crippen molar-refractivity contribution in [3.63, 3.8) is 0 Å². The minimum absolute atomic E-state index is 0.138. The van der Waals surface area contributed by atoms with E-state index in [9.17, 15) is 8.42 Å². The van der Waals surface area contributed by atoms with Crippen LogP contribution in [-0.2, 0) is 9.84 Å². The Bertz CT molecular complexity index is 551. The van der Waals surface area contributed by atoms with Gasteiger partial charge in [0.15, 0.2) is 9.84 Å². The van der Waals surface area contributed by atoms with Gasteiger partial charge in [-0.1, -0.05) is 19.9 Å². The molecule has 0 saturated carbocycles. The molecule has 0 heterocycles. The molecular formula is C13H17NO2S. The second-order valence-electron chi connectivity index (χ2n) is 4.62. The molecule has 0 unspecified atom stereocenters. The Morgan fingerprint density at radius 3 is 2.18 bits per heavy atom. The third-order valence-electron chi connectivity index (χ3n) is 2.72. The Morgan fingerprint density at radius 2 is 1.76 bits per heavy atom. The van der Waals surface area contributed by atoms with Crippen molar-refractivity contribution in [3.8, 4) is 6.07 Å². The first-order valence-corrected chi connectivity index (χ1v) is 7.13. The summed E-state index contributed by atoms with van der Waals surface area (Å²) in [6.45, 7) is 7.25. The summed E-state index contributed by atoms with van der Waals surface area (Å²) in [4.78, 5) is 0.138. The molecular weight excluding hydrogens is 234 g/mol. The van der Waals surface area contributed by atoms with Crippen LogP contribution in [0.5, 0.6) is 0 Å². The number of nitrogens with zero attached hydrogens (tertiary/aromatic N) is 1. The molecule has 1 rings (SSSR count). The van der Waals surface area contributed by atoms with Gasteiger partial charge in [-0.15, -0.1) is 0 Å². The summed E-state index contributed by atoms with van der Waals surface area (Å²) in [7, 11) is -3.38. The first-order chi connectivity index (χ1) is 7.80. The van der Waals surface area contributed by atoms with Crippen LogP contribution >= 0.6 is 0 Å². The van der Waals surface area contributed by atoms with Crippen LogP contribution < -0.4 is 0 Å². The van der Waals surface area contributed by atoms with E-state index in [1.165, 1.54) is 0 Å². The van der Waals surface area contributed by atoms with Crippen molar-refractivity contribution in [1.29, 1.82) is 5.26 Å². The Balaban J connectivity index is 3.44. The zero-order chi connectivity index (χ0) is 13.2. The molecule has 1 aromatic rings. The number of sulfone groups is 1. The normalized spacial score (nSPS) is 11.8. The van der Waals surface area contributed by atoms with E-state index in [1.807, 2.05) is 19.9 Å². The highest BCUT2D eigenvalue weighted by atomic mass is 32.2. The summed E-state index contributed by atoms with van der Waals surface area (Å²) in [5.74, 6) is 0.276. The van der Waals surface area contributed by atoms with Crippen molar-refractivity contribution in [2.45, 2.75) is 43.8 Å². The number of benzene rings is 1. The van der Waals surface area contributed by atoms with Gasteiger partial charge in [-0.25, -0.2) is 8.42 Å². The quantitative estimate of drug-likeness (QED) is 0.830. The summed E-state index contributed by atoms with van der Waals surface area (Å²) in [5, 5.41) is 8.54. The molecule has 0 amide bonds. The Hall–Kier alpha value is -1.34. The highest BCUT2D eigenvalue weighted by molar-refractivity contribution is 7.92. The van der Waals surface area contributed by atoms with Crippen LogP contribution in [0.2, 0.25) is 0 Å². The molecule has 0 saturated heterocycles. The van der Waals surface area contributed by atoms with Gasteiger partial charge in [0.05, 0.1) is 15.7 Å². The fourth-order valence-corrected chi connectivity index (χ4v) is 2.67. The molecule has 3 nitrogen and oxygen atoms in total. The molecule has 1 aromatic carbocycles. The van der Waals surface area contributed by atoms with Gasteiger partial charge in [0.2, 0.25) is 0 Å². The van der Waals surface area contributed by atoms with Crippen molar-refractivity contribution < 1.29 is 8.42 Å². The lowest BCUT2D eigenvalue weighted by Gasteiger charge is -2.12. The fraction of sp³-hybridized carbons (Fsp3) is 0.462. The lowest BCUT2D eigenvalue weighted by molar-refractivity contribution is 0.587. The van der Waals surface area contributed by atoms with E-state index in [0.717, 1.165) is 5.56 Å². The highest BCUT2D eigenvalue weighted by Crippen LogP contribution is 2.24. The van der Waals surface area contributed by atoms with Gasteiger partial charge >= 0.3 is 0 Å². The number of nitriles is 1. The van der Waals surface area contributed by atoms with Crippen LogP contribution in [0.15, 0.2) is 23.1 Å². The summed E-state index contributed by atoms with van der Waals surface area (Å²) >= 11 is 0. The molecule has 0 bridgehead atoms. The maximum atomic E-state index is 12.0. The predicted molar refractivity (Wildman–Crippen MR) is 67.6 cm³/mol. The molecule has 0 N–H and O–H groups in total. The maximum absolute atomic E-state index is 12.0. The number of hydrogen-bond acceptors (Lipinski definition) is 3. The van der Waals surface area contributed by atoms with Crippen molar-refractivity contribution in [2.75, 3.05) is 0 Å². The van der Waals surface area contributed by atoms with Gasteiger partial charge in [0.1, 0.15) is 6.07 Å². The summed E-state index contributed by atoms with van der Waals surface area (Å²) in [6, 6.07) is 6.96. The van der Waals surface area contributed by atoms with E-state index in [4.69, 9.17) is 5.26 Å². The molecule has 92 valence electrons. The van der Waals surface area contributed by atoms with E-state index < -0.39 is 15.1 Å². The SMILES string of the molecule is CC(C)c1ccc(S(=O)(=O)C(C)C)c(C#N)c1. The molecule has 0 fully saturated rings. The van der Waals surface area contributed by atoms with Crippen LogP contribution in [-0.4, -0.2) is 13.7 Å². The molecule has 0 radical (unpaired) electrons. The fourth-order valence-electron chi connectivity index (χ4n) is 1.50. The van der Waals surface area contributed by atoms with Gasteiger partial charge < -0.3 is 0 Å². The van der Waals surface area contributed by atoms with Crippen molar-refractivity contribution in [2.24, 2.45) is 0 Å².